The lowest BCUT2D eigenvalue weighted by atomic mass is 10.1. The molecular weight excluding hydrogens is 528 g/mol. The number of fused-ring (bicyclic) bond motifs is 1. The van der Waals surface area contributed by atoms with Gasteiger partial charge < -0.3 is 14.2 Å². The Labute approximate surface area is 223 Å². The van der Waals surface area contributed by atoms with Crippen LogP contribution in [-0.2, 0) is 21.0 Å². The lowest BCUT2D eigenvalue weighted by Gasteiger charge is -2.29. The number of anilines is 1. The SMILES string of the molecule is Cc1cccc(-c2cc(=O)n(-c3nc4c(c(N5CCOCC5)n3)SC(S(=O)(=O)c3c(C)noc3C)C4)[nH]2)c1. The third-order valence-electron chi connectivity index (χ3n) is 6.67. The van der Waals surface area contributed by atoms with E-state index in [0.717, 1.165) is 11.1 Å². The zero-order valence-corrected chi connectivity index (χ0v) is 22.7. The number of morpholine rings is 1. The number of aryl methyl sites for hydroxylation is 3. The fourth-order valence-electron chi connectivity index (χ4n) is 4.84. The van der Waals surface area contributed by atoms with Crippen LogP contribution in [0.3, 0.4) is 0 Å². The Hall–Kier alpha value is -3.42. The lowest BCUT2D eigenvalue weighted by Crippen LogP contribution is -2.37. The molecule has 6 rings (SSSR count). The van der Waals surface area contributed by atoms with Crippen molar-refractivity contribution in [3.8, 4) is 17.2 Å². The molecule has 1 N–H and O–H groups in total. The molecule has 1 aromatic carbocycles. The van der Waals surface area contributed by atoms with Gasteiger partial charge in [-0.15, -0.1) is 0 Å². The Bertz CT molecular complexity index is 1680. The fraction of sp³-hybridized carbons (Fsp3) is 0.360. The van der Waals surface area contributed by atoms with Crippen LogP contribution in [0.1, 0.15) is 22.7 Å². The topological polar surface area (TPSA) is 136 Å². The van der Waals surface area contributed by atoms with E-state index < -0.39 is 14.4 Å². The van der Waals surface area contributed by atoms with E-state index in [0.29, 0.717) is 54.1 Å². The quantitative estimate of drug-likeness (QED) is 0.392. The lowest BCUT2D eigenvalue weighted by molar-refractivity contribution is 0.122. The van der Waals surface area contributed by atoms with Crippen molar-refractivity contribution in [3.05, 3.63) is 63.4 Å². The second kappa shape index (κ2) is 9.40. The van der Waals surface area contributed by atoms with Gasteiger partial charge in [-0.1, -0.05) is 40.7 Å². The summed E-state index contributed by atoms with van der Waals surface area (Å²) in [7, 11) is -3.77. The van der Waals surface area contributed by atoms with Gasteiger partial charge in [0.05, 0.1) is 35.2 Å². The van der Waals surface area contributed by atoms with Gasteiger partial charge in [0.2, 0.25) is 0 Å². The normalized spacial score (nSPS) is 17.7. The van der Waals surface area contributed by atoms with Gasteiger partial charge in [-0.05, 0) is 32.4 Å². The van der Waals surface area contributed by atoms with Crippen molar-refractivity contribution in [2.75, 3.05) is 31.2 Å². The molecule has 3 aromatic heterocycles. The maximum Gasteiger partial charge on any atom is 0.274 e. The maximum atomic E-state index is 13.6. The van der Waals surface area contributed by atoms with Crippen LogP contribution in [0.25, 0.3) is 17.2 Å². The Morgan fingerprint density at radius 3 is 2.61 bits per heavy atom. The summed E-state index contributed by atoms with van der Waals surface area (Å²) in [5.41, 5.74) is 3.20. The third kappa shape index (κ3) is 4.24. The number of sulfone groups is 1. The molecule has 2 aliphatic rings. The minimum atomic E-state index is -3.77. The van der Waals surface area contributed by atoms with Gasteiger partial charge in [0, 0.05) is 25.6 Å². The summed E-state index contributed by atoms with van der Waals surface area (Å²) < 4.78 is 38.4. The molecule has 198 valence electrons. The summed E-state index contributed by atoms with van der Waals surface area (Å²) in [4.78, 5) is 25.4. The van der Waals surface area contributed by atoms with Crippen molar-refractivity contribution in [1.29, 1.82) is 0 Å². The van der Waals surface area contributed by atoms with Gasteiger partial charge in [0.15, 0.2) is 15.6 Å². The highest BCUT2D eigenvalue weighted by Crippen LogP contribution is 2.46. The number of nitrogens with one attached hydrogen (secondary N) is 1. The predicted molar refractivity (Wildman–Crippen MR) is 142 cm³/mol. The predicted octanol–water partition coefficient (Wildman–Crippen LogP) is 2.82. The number of thioether (sulfide) groups is 1. The van der Waals surface area contributed by atoms with Gasteiger partial charge in [0.25, 0.3) is 11.5 Å². The van der Waals surface area contributed by atoms with Crippen molar-refractivity contribution in [2.24, 2.45) is 0 Å². The van der Waals surface area contributed by atoms with E-state index in [1.54, 1.807) is 13.8 Å². The zero-order chi connectivity index (χ0) is 26.6. The highest BCUT2D eigenvalue weighted by atomic mass is 32.3. The summed E-state index contributed by atoms with van der Waals surface area (Å²) in [6.45, 7) is 7.45. The van der Waals surface area contributed by atoms with Crippen molar-refractivity contribution in [2.45, 2.75) is 41.6 Å². The van der Waals surface area contributed by atoms with E-state index in [1.807, 2.05) is 31.2 Å². The van der Waals surface area contributed by atoms with Crippen molar-refractivity contribution < 1.29 is 17.7 Å². The molecule has 1 atom stereocenters. The molecule has 11 nitrogen and oxygen atoms in total. The van der Waals surface area contributed by atoms with E-state index in [2.05, 4.69) is 15.2 Å². The van der Waals surface area contributed by atoms with Crippen molar-refractivity contribution >= 4 is 27.4 Å². The van der Waals surface area contributed by atoms with Crippen LogP contribution in [-0.4, -0.2) is 64.2 Å². The molecule has 1 fully saturated rings. The molecule has 0 aliphatic carbocycles. The van der Waals surface area contributed by atoms with Crippen molar-refractivity contribution in [3.63, 3.8) is 0 Å². The Morgan fingerprint density at radius 1 is 1.11 bits per heavy atom. The number of H-pyrrole nitrogens is 1. The second-order valence-electron chi connectivity index (χ2n) is 9.39. The molecule has 4 aromatic rings. The fourth-order valence-corrected chi connectivity index (χ4v) is 8.50. The van der Waals surface area contributed by atoms with Crippen LogP contribution in [0.4, 0.5) is 5.82 Å². The first-order valence-corrected chi connectivity index (χ1v) is 14.6. The standard InChI is InChI=1S/C25H26N6O5S2/c1-14-5-4-6-17(11-14)18-12-20(32)31(28-18)25-26-19-13-21(38(33,34)23-15(2)29-36-16(23)3)37-22(19)24(27-25)30-7-9-35-10-8-30/h4-6,11-12,21,28H,7-10,13H2,1-3H3. The molecular formula is C25H26N6O5S2. The van der Waals surface area contributed by atoms with Gasteiger partial charge in [-0.25, -0.2) is 13.4 Å². The molecule has 2 aliphatic heterocycles. The summed E-state index contributed by atoms with van der Waals surface area (Å²) >= 11 is 1.23. The summed E-state index contributed by atoms with van der Waals surface area (Å²) in [6, 6.07) is 9.34. The molecule has 0 bridgehead atoms. The molecule has 5 heterocycles. The summed E-state index contributed by atoms with van der Waals surface area (Å²) in [6.07, 6.45) is 0.166. The molecule has 0 spiro atoms. The molecule has 0 amide bonds. The Morgan fingerprint density at radius 2 is 1.89 bits per heavy atom. The summed E-state index contributed by atoms with van der Waals surface area (Å²) in [5, 5.41) is 6.97. The first-order valence-electron chi connectivity index (χ1n) is 12.2. The zero-order valence-electron chi connectivity index (χ0n) is 21.1. The first-order chi connectivity index (χ1) is 18.2. The molecule has 0 saturated carbocycles. The van der Waals surface area contributed by atoms with Crippen LogP contribution >= 0.6 is 11.8 Å². The largest absolute Gasteiger partial charge is 0.378 e. The van der Waals surface area contributed by atoms with Crippen LogP contribution in [0.15, 0.2) is 49.4 Å². The molecule has 1 saturated heterocycles. The average Bonchev–Trinajstić information content (AvgIpc) is 3.60. The van der Waals surface area contributed by atoms with Crippen LogP contribution in [0.5, 0.6) is 0 Å². The Kier molecular flexibility index (Phi) is 6.16. The minimum absolute atomic E-state index is 0.118. The molecule has 13 heteroatoms. The number of hydrogen-bond acceptors (Lipinski definition) is 10. The van der Waals surface area contributed by atoms with Gasteiger partial charge in [0.1, 0.15) is 15.3 Å². The monoisotopic (exact) mass is 554 g/mol. The molecule has 38 heavy (non-hydrogen) atoms. The number of rotatable bonds is 5. The first kappa shape index (κ1) is 24.9. The number of benzene rings is 1. The number of aromatic amines is 1. The number of aromatic nitrogens is 5. The van der Waals surface area contributed by atoms with E-state index in [-0.39, 0.29) is 28.6 Å². The van der Waals surface area contributed by atoms with E-state index >= 15 is 0 Å². The van der Waals surface area contributed by atoms with Gasteiger partial charge in [-0.2, -0.15) is 9.67 Å². The number of nitrogens with zero attached hydrogens (tertiary/aromatic N) is 5. The van der Waals surface area contributed by atoms with Crippen molar-refractivity contribution in [1.82, 2.24) is 24.9 Å². The average molecular weight is 555 g/mol. The number of hydrogen-bond donors (Lipinski definition) is 1. The Balaban J connectivity index is 1.44. The van der Waals surface area contributed by atoms with E-state index in [1.165, 1.54) is 22.5 Å². The van der Waals surface area contributed by atoms with Crippen LogP contribution < -0.4 is 10.5 Å². The molecule has 1 unspecified atom stereocenters. The second-order valence-corrected chi connectivity index (χ2v) is 13.0. The van der Waals surface area contributed by atoms with E-state index in [4.69, 9.17) is 19.2 Å². The smallest absolute Gasteiger partial charge is 0.274 e. The van der Waals surface area contributed by atoms with Crippen LogP contribution in [0.2, 0.25) is 0 Å². The highest BCUT2D eigenvalue weighted by molar-refractivity contribution is 8.13. The summed E-state index contributed by atoms with van der Waals surface area (Å²) in [5.74, 6) is 1.04. The maximum absolute atomic E-state index is 13.6. The third-order valence-corrected chi connectivity index (χ3v) is 10.8. The van der Waals surface area contributed by atoms with Crippen LogP contribution in [0, 0.1) is 20.8 Å². The highest BCUT2D eigenvalue weighted by Gasteiger charge is 2.41. The van der Waals surface area contributed by atoms with E-state index in [9.17, 15) is 13.2 Å². The molecule has 0 radical (unpaired) electrons. The minimum Gasteiger partial charge on any atom is -0.378 e. The van der Waals surface area contributed by atoms with Gasteiger partial charge >= 0.3 is 0 Å². The van der Waals surface area contributed by atoms with Gasteiger partial charge in [-0.3, -0.25) is 9.89 Å². The number of ether oxygens (including phenoxy) is 1.